The molecule has 366 valence electrons. The van der Waals surface area contributed by atoms with Gasteiger partial charge in [0.2, 0.25) is 0 Å². The number of amidine groups is 1. The molecule has 66 heavy (non-hydrogen) atoms. The predicted molar refractivity (Wildman–Crippen MR) is 285 cm³/mol. The third-order valence-corrected chi connectivity index (χ3v) is 10.9. The van der Waals surface area contributed by atoms with Gasteiger partial charge in [0.25, 0.3) is 0 Å². The van der Waals surface area contributed by atoms with Crippen LogP contribution in [-0.4, -0.2) is 79.5 Å². The van der Waals surface area contributed by atoms with E-state index in [4.69, 9.17) is 27.0 Å². The van der Waals surface area contributed by atoms with Gasteiger partial charge in [0, 0.05) is 73.9 Å². The van der Waals surface area contributed by atoms with Crippen LogP contribution in [0.15, 0.2) is 78.1 Å². The van der Waals surface area contributed by atoms with E-state index in [1.165, 1.54) is 29.4 Å². The molecule has 0 saturated carbocycles. The highest BCUT2D eigenvalue weighted by Gasteiger charge is 2.26. The van der Waals surface area contributed by atoms with Gasteiger partial charge in [-0.2, -0.15) is 0 Å². The van der Waals surface area contributed by atoms with Crippen LogP contribution in [0.1, 0.15) is 161 Å². The molecule has 4 aromatic rings. The van der Waals surface area contributed by atoms with E-state index in [9.17, 15) is 0 Å². The van der Waals surface area contributed by atoms with Crippen molar-refractivity contribution in [3.05, 3.63) is 107 Å². The molecule has 1 fully saturated rings. The van der Waals surface area contributed by atoms with Crippen molar-refractivity contribution < 1.29 is 4.79 Å². The average molecular weight is 909 g/mol. The number of aromatic nitrogens is 5. The van der Waals surface area contributed by atoms with Gasteiger partial charge in [0.15, 0.2) is 0 Å². The van der Waals surface area contributed by atoms with Crippen LogP contribution in [0.2, 0.25) is 0 Å². The maximum atomic E-state index is 8.81. The number of aromatic amines is 2. The number of aryl methyl sites for hydroxylation is 2. The molecule has 0 amide bonds. The fourth-order valence-corrected chi connectivity index (χ4v) is 7.50. The molecule has 9 N–H and O–H groups in total. The second kappa shape index (κ2) is 32.8. The molecule has 6 rings (SSSR count). The Balaban J connectivity index is 0.000000554. The van der Waals surface area contributed by atoms with Gasteiger partial charge in [-0.1, -0.05) is 93.0 Å². The number of carbonyl (C=O) groups is 1. The number of imidazole rings is 1. The summed E-state index contributed by atoms with van der Waals surface area (Å²) < 4.78 is 2.16. The van der Waals surface area contributed by atoms with Crippen molar-refractivity contribution in [1.82, 2.24) is 39.5 Å². The molecule has 0 bridgehead atoms. The number of nitrogens with two attached hydrogens (primary N) is 3. The Morgan fingerprint density at radius 1 is 1.00 bits per heavy atom. The number of nitrogens with one attached hydrogen (secondary N) is 3. The maximum absolute atomic E-state index is 8.81. The minimum Gasteiger partial charge on any atom is -0.395 e. The van der Waals surface area contributed by atoms with Crippen LogP contribution in [0.25, 0.3) is 28.7 Å². The minimum absolute atomic E-state index is 0.385. The number of nitrogens with zero attached hydrogens (tertiary/aromatic N) is 6. The van der Waals surface area contributed by atoms with Crippen molar-refractivity contribution >= 4 is 35.2 Å². The largest absolute Gasteiger partial charge is 0.395 e. The number of hydrogen-bond acceptors (Lipinski definition) is 10. The Kier molecular flexibility index (Phi) is 28.9. The summed E-state index contributed by atoms with van der Waals surface area (Å²) >= 11 is 0. The highest BCUT2D eigenvalue weighted by atomic mass is 16.1. The Hall–Kier alpha value is -5.82. The molecule has 4 aromatic heterocycles. The first kappa shape index (κ1) is 58.2. The lowest BCUT2D eigenvalue weighted by Gasteiger charge is -2.26. The number of rotatable bonds is 14. The van der Waals surface area contributed by atoms with Gasteiger partial charge >= 0.3 is 0 Å². The number of hydrogen-bond donors (Lipinski definition) is 6. The van der Waals surface area contributed by atoms with Crippen LogP contribution < -0.4 is 22.5 Å². The summed E-state index contributed by atoms with van der Waals surface area (Å²) in [7, 11) is 1.93. The van der Waals surface area contributed by atoms with Crippen molar-refractivity contribution in [2.24, 2.45) is 16.5 Å². The lowest BCUT2D eigenvalue weighted by Crippen LogP contribution is -2.33. The molecule has 6 heterocycles. The summed E-state index contributed by atoms with van der Waals surface area (Å²) in [6.07, 6.45) is 26.1. The van der Waals surface area contributed by atoms with Crippen molar-refractivity contribution in [3.8, 4) is 11.4 Å². The number of anilines is 1. The molecule has 1 unspecified atom stereocenters. The molecular formula is C53H88N12O. The molecular weight excluding hydrogens is 821 g/mol. The number of likely N-dealkylation sites (tertiary alicyclic amines) is 1. The molecule has 1 atom stereocenters. The first-order valence-electron chi connectivity index (χ1n) is 24.5. The second-order valence-electron chi connectivity index (χ2n) is 15.4. The zero-order chi connectivity index (χ0) is 49.6. The number of nitrogen functional groups attached to an aromatic ring is 1. The van der Waals surface area contributed by atoms with Crippen LogP contribution in [0.4, 0.5) is 5.82 Å². The van der Waals surface area contributed by atoms with Crippen molar-refractivity contribution in [2.45, 2.75) is 147 Å². The number of H-pyrrole nitrogens is 2. The topological polar surface area (TPSA) is 188 Å². The molecule has 2 aliphatic heterocycles. The van der Waals surface area contributed by atoms with Gasteiger partial charge in [0.1, 0.15) is 40.7 Å². The van der Waals surface area contributed by atoms with Gasteiger partial charge in [-0.25, -0.2) is 15.0 Å². The van der Waals surface area contributed by atoms with E-state index in [1.807, 2.05) is 67.1 Å². The first-order valence-corrected chi connectivity index (χ1v) is 24.5. The molecule has 13 nitrogen and oxygen atoms in total. The number of unbranched alkanes of at least 4 members (excludes halogenated alkanes) is 1. The minimum atomic E-state index is 0.385. The number of aliphatic imine (C=N–C) groups is 1. The number of carbonyl (C=O) groups excluding carboxylic acids is 1. The van der Waals surface area contributed by atoms with E-state index < -0.39 is 0 Å². The van der Waals surface area contributed by atoms with Gasteiger partial charge in [-0.3, -0.25) is 4.40 Å². The van der Waals surface area contributed by atoms with Crippen LogP contribution in [-0.2, 0) is 17.6 Å². The van der Waals surface area contributed by atoms with E-state index in [-0.39, 0.29) is 0 Å². The first-order chi connectivity index (χ1) is 32.0. The highest BCUT2D eigenvalue weighted by Crippen LogP contribution is 2.35. The standard InChI is InChI=1S/C25H34N6.C19H29N5.C3H9N.C2H4O.2C2H6/c1-5-7-10-20-17(3)16-21(28-20)22-23-24(26)27-12-15-31(23)25(29-22)19-9-8-13-30(14-11-19)18(4)6-2;1-4-7-11-24-12-10-22-19(21)18(24)17(20)16-13-14(8-5-2)15(23-16)9-6-3;1-3-4-2;1-2-3;2*1-2/h5,7,12,15-16,19,28H,4,6,8-11,13-14H2,1-3H3,(H2,26,27);6,9-10,12-13,23H,4-5,7-8,11,20H2,1-3H3,(H2,21,22);4H,3H2,1-2H3;2H,1H3;2*1-2H3/b7-5-;9-6-,18-17-;;;;. The van der Waals surface area contributed by atoms with Gasteiger partial charge in [-0.15, -0.1) is 0 Å². The molecule has 0 aliphatic carbocycles. The van der Waals surface area contributed by atoms with Crippen molar-refractivity contribution in [1.29, 1.82) is 0 Å². The monoisotopic (exact) mass is 909 g/mol. The van der Waals surface area contributed by atoms with E-state index >= 15 is 0 Å². The van der Waals surface area contributed by atoms with Gasteiger partial charge < -0.3 is 47.1 Å². The summed E-state index contributed by atoms with van der Waals surface area (Å²) in [5.41, 5.74) is 30.2. The van der Waals surface area contributed by atoms with E-state index in [0.29, 0.717) is 23.3 Å². The van der Waals surface area contributed by atoms with Crippen LogP contribution in [0, 0.1) is 6.92 Å². The normalized spacial score (nSPS) is 15.2. The second-order valence-corrected chi connectivity index (χ2v) is 15.4. The lowest BCUT2D eigenvalue weighted by atomic mass is 10.00. The van der Waals surface area contributed by atoms with E-state index in [1.54, 1.807) is 12.4 Å². The van der Waals surface area contributed by atoms with Crippen LogP contribution >= 0.6 is 0 Å². The van der Waals surface area contributed by atoms with Crippen LogP contribution in [0.3, 0.4) is 0 Å². The Bertz CT molecular complexity index is 2160. The lowest BCUT2D eigenvalue weighted by molar-refractivity contribution is -0.106. The fourth-order valence-electron chi connectivity index (χ4n) is 7.50. The van der Waals surface area contributed by atoms with Crippen molar-refractivity contribution in [3.63, 3.8) is 0 Å². The Labute approximate surface area is 398 Å². The van der Waals surface area contributed by atoms with Crippen LogP contribution in [0.5, 0.6) is 0 Å². The maximum Gasteiger partial charge on any atom is 0.150 e. The molecule has 1 saturated heterocycles. The summed E-state index contributed by atoms with van der Waals surface area (Å²) in [4.78, 5) is 34.1. The number of fused-ring (bicyclic) bond motifs is 1. The third kappa shape index (κ3) is 16.9. The summed E-state index contributed by atoms with van der Waals surface area (Å²) in [5, 5.41) is 2.93. The molecule has 13 heteroatoms. The Morgan fingerprint density at radius 2 is 1.70 bits per heavy atom. The van der Waals surface area contributed by atoms with E-state index in [2.05, 4.69) is 111 Å². The summed E-state index contributed by atoms with van der Waals surface area (Å²) in [6, 6.07) is 4.31. The number of allylic oxidation sites excluding steroid dienone is 4. The Morgan fingerprint density at radius 3 is 2.30 bits per heavy atom. The summed E-state index contributed by atoms with van der Waals surface area (Å²) in [5.74, 6) is 2.46. The smallest absolute Gasteiger partial charge is 0.150 e. The van der Waals surface area contributed by atoms with E-state index in [0.717, 1.165) is 130 Å². The zero-order valence-corrected chi connectivity index (χ0v) is 43.2. The molecule has 0 spiro atoms. The number of aldehydes is 1. The fraction of sp³-hybridized carbons (Fsp3) is 0.509. The van der Waals surface area contributed by atoms with Crippen molar-refractivity contribution in [2.75, 3.05) is 39.0 Å². The predicted octanol–water partition coefficient (Wildman–Crippen LogP) is 11.3. The molecule has 0 aromatic carbocycles. The average Bonchev–Trinajstić information content (AvgIpc) is 3.98. The molecule has 2 aliphatic rings. The quantitative estimate of drug-likeness (QED) is 0.0528. The SMILES string of the molecule is C/C=C\c1[nH]c(/C(N)=C2\C(N)=NC=CN2CCCC)cc1CCC.C=C(CC)N1CCCC(c2nc(-c3cc(C)c(C/C=C\C)[nH]3)c3c(N)nccn23)CC1.CC.CC.CC=O.CCNC. The third-order valence-electron chi connectivity index (χ3n) is 10.9. The molecule has 0 radical (unpaired) electrons. The highest BCUT2D eigenvalue weighted by molar-refractivity contribution is 6.03. The van der Waals surface area contributed by atoms with Gasteiger partial charge in [-0.05, 0) is 109 Å². The summed E-state index contributed by atoms with van der Waals surface area (Å²) in [6.45, 7) is 32.5. The van der Waals surface area contributed by atoms with Gasteiger partial charge in [0.05, 0.1) is 17.1 Å². The zero-order valence-electron chi connectivity index (χ0n) is 43.2.